The smallest absolute Gasteiger partial charge is 0.205 e. The molecule has 5 heteroatoms. The largest absolute Gasteiger partial charge is 0.353 e. The van der Waals surface area contributed by atoms with E-state index in [-0.39, 0.29) is 0 Å². The second kappa shape index (κ2) is 9.15. The first-order chi connectivity index (χ1) is 9.13. The molecule has 5 nitrogen and oxygen atoms in total. The first-order valence-corrected chi connectivity index (χ1v) is 7.61. The highest BCUT2D eigenvalue weighted by Crippen LogP contribution is 2.17. The monoisotopic (exact) mass is 269 g/mol. The zero-order valence-corrected chi connectivity index (χ0v) is 12.8. The normalized spacial score (nSPS) is 18.1. The predicted molar refractivity (Wildman–Crippen MR) is 82.0 cm³/mol. The maximum Gasteiger partial charge on any atom is 0.205 e. The third-order valence-corrected chi connectivity index (χ3v) is 3.90. The van der Waals surface area contributed by atoms with E-state index in [1.807, 2.05) is 0 Å². The summed E-state index contributed by atoms with van der Waals surface area (Å²) in [5, 5.41) is 3.42. The minimum atomic E-state index is 0.543. The number of aliphatic imine (C=N–C) groups is 1. The van der Waals surface area contributed by atoms with Gasteiger partial charge in [-0.15, -0.1) is 0 Å². The summed E-state index contributed by atoms with van der Waals surface area (Å²) >= 11 is 0. The molecule has 112 valence electrons. The molecule has 0 unspecified atom stereocenters. The SMILES string of the molecule is CC(C)N(C)CCCN=C(NN)NC1CCCCC1. The molecule has 1 rings (SSSR count). The molecule has 1 aliphatic carbocycles. The molecule has 4 N–H and O–H groups in total. The van der Waals surface area contributed by atoms with Crippen molar-refractivity contribution in [1.82, 2.24) is 15.6 Å². The maximum absolute atomic E-state index is 5.53. The predicted octanol–water partition coefficient (Wildman–Crippen LogP) is 1.46. The molecule has 0 radical (unpaired) electrons. The van der Waals surface area contributed by atoms with Crippen LogP contribution >= 0.6 is 0 Å². The first-order valence-electron chi connectivity index (χ1n) is 7.61. The van der Waals surface area contributed by atoms with Crippen molar-refractivity contribution >= 4 is 5.96 Å². The van der Waals surface area contributed by atoms with E-state index in [1.165, 1.54) is 32.1 Å². The van der Waals surface area contributed by atoms with Gasteiger partial charge in [0.1, 0.15) is 0 Å². The average molecular weight is 269 g/mol. The summed E-state index contributed by atoms with van der Waals surface area (Å²) in [6, 6.07) is 1.14. The van der Waals surface area contributed by atoms with Crippen LogP contribution in [0.4, 0.5) is 0 Å². The lowest BCUT2D eigenvalue weighted by Gasteiger charge is -2.24. The molecule has 1 saturated carbocycles. The van der Waals surface area contributed by atoms with Crippen molar-refractivity contribution in [3.05, 3.63) is 0 Å². The molecule has 0 aromatic rings. The van der Waals surface area contributed by atoms with Crippen LogP contribution in [0.2, 0.25) is 0 Å². The maximum atomic E-state index is 5.53. The van der Waals surface area contributed by atoms with Crippen molar-refractivity contribution in [2.75, 3.05) is 20.1 Å². The van der Waals surface area contributed by atoms with Crippen LogP contribution in [0.1, 0.15) is 52.4 Å². The number of nitrogens with two attached hydrogens (primary N) is 1. The van der Waals surface area contributed by atoms with Crippen LogP contribution in [0.3, 0.4) is 0 Å². The number of nitrogens with zero attached hydrogens (tertiary/aromatic N) is 2. The first kappa shape index (κ1) is 16.2. The molecular weight excluding hydrogens is 238 g/mol. The van der Waals surface area contributed by atoms with E-state index in [4.69, 9.17) is 5.84 Å². The van der Waals surface area contributed by atoms with E-state index >= 15 is 0 Å². The molecule has 19 heavy (non-hydrogen) atoms. The van der Waals surface area contributed by atoms with Crippen LogP contribution in [0, 0.1) is 0 Å². The molecule has 0 atom stereocenters. The third kappa shape index (κ3) is 6.78. The van der Waals surface area contributed by atoms with Gasteiger partial charge in [0.15, 0.2) is 0 Å². The van der Waals surface area contributed by atoms with Crippen LogP contribution in [0.15, 0.2) is 4.99 Å². The number of hydrazine groups is 1. The van der Waals surface area contributed by atoms with Gasteiger partial charge in [-0.3, -0.25) is 10.4 Å². The number of nitrogens with one attached hydrogen (secondary N) is 2. The Morgan fingerprint density at radius 1 is 1.32 bits per heavy atom. The Bertz CT molecular complexity index is 259. The molecular formula is C14H31N5. The number of hydrogen-bond acceptors (Lipinski definition) is 3. The van der Waals surface area contributed by atoms with E-state index in [0.717, 1.165) is 25.5 Å². The van der Waals surface area contributed by atoms with E-state index in [1.54, 1.807) is 0 Å². The van der Waals surface area contributed by atoms with E-state index in [0.29, 0.717) is 12.1 Å². The molecule has 0 heterocycles. The molecule has 0 saturated heterocycles. The van der Waals surface area contributed by atoms with E-state index < -0.39 is 0 Å². The van der Waals surface area contributed by atoms with Gasteiger partial charge >= 0.3 is 0 Å². The van der Waals surface area contributed by atoms with Crippen LogP contribution < -0.4 is 16.6 Å². The van der Waals surface area contributed by atoms with Gasteiger partial charge < -0.3 is 10.2 Å². The molecule has 1 aliphatic rings. The summed E-state index contributed by atoms with van der Waals surface area (Å²) in [6.07, 6.45) is 7.52. The topological polar surface area (TPSA) is 65.7 Å². The van der Waals surface area contributed by atoms with Crippen molar-refractivity contribution in [3.63, 3.8) is 0 Å². The van der Waals surface area contributed by atoms with Crippen molar-refractivity contribution in [2.24, 2.45) is 10.8 Å². The summed E-state index contributed by atoms with van der Waals surface area (Å²) in [6.45, 7) is 6.31. The minimum absolute atomic E-state index is 0.543. The Hall–Kier alpha value is -0.810. The van der Waals surface area contributed by atoms with Crippen molar-refractivity contribution in [2.45, 2.75) is 64.5 Å². The fourth-order valence-electron chi connectivity index (χ4n) is 2.34. The Morgan fingerprint density at radius 3 is 2.58 bits per heavy atom. The number of guanidine groups is 1. The summed E-state index contributed by atoms with van der Waals surface area (Å²) in [7, 11) is 2.15. The van der Waals surface area contributed by atoms with Crippen LogP contribution in [0.5, 0.6) is 0 Å². The summed E-state index contributed by atoms with van der Waals surface area (Å²) in [5.41, 5.74) is 2.69. The molecule has 1 fully saturated rings. The molecule has 0 amide bonds. The lowest BCUT2D eigenvalue weighted by atomic mass is 9.96. The van der Waals surface area contributed by atoms with Crippen molar-refractivity contribution in [1.29, 1.82) is 0 Å². The zero-order valence-electron chi connectivity index (χ0n) is 12.8. The van der Waals surface area contributed by atoms with Gasteiger partial charge in [-0.05, 0) is 46.7 Å². The highest BCUT2D eigenvalue weighted by atomic mass is 15.3. The van der Waals surface area contributed by atoms with Crippen molar-refractivity contribution in [3.8, 4) is 0 Å². The molecule has 0 bridgehead atoms. The van der Waals surface area contributed by atoms with Gasteiger partial charge in [0, 0.05) is 18.6 Å². The zero-order chi connectivity index (χ0) is 14.1. The molecule has 0 aliphatic heterocycles. The van der Waals surface area contributed by atoms with Gasteiger partial charge in [0.25, 0.3) is 0 Å². The third-order valence-electron chi connectivity index (χ3n) is 3.90. The van der Waals surface area contributed by atoms with Crippen LogP contribution in [0.25, 0.3) is 0 Å². The van der Waals surface area contributed by atoms with Crippen molar-refractivity contribution < 1.29 is 0 Å². The number of rotatable bonds is 6. The van der Waals surface area contributed by atoms with Crippen LogP contribution in [-0.2, 0) is 0 Å². The van der Waals surface area contributed by atoms with Crippen LogP contribution in [-0.4, -0.2) is 43.1 Å². The highest BCUT2D eigenvalue weighted by Gasteiger charge is 2.13. The van der Waals surface area contributed by atoms with Gasteiger partial charge in [0.05, 0.1) is 0 Å². The van der Waals surface area contributed by atoms with Gasteiger partial charge in [-0.25, -0.2) is 5.84 Å². The van der Waals surface area contributed by atoms with E-state index in [9.17, 15) is 0 Å². The van der Waals surface area contributed by atoms with E-state index in [2.05, 4.69) is 41.5 Å². The lowest BCUT2D eigenvalue weighted by molar-refractivity contribution is 0.272. The minimum Gasteiger partial charge on any atom is -0.353 e. The molecule has 0 spiro atoms. The summed E-state index contributed by atoms with van der Waals surface area (Å²) < 4.78 is 0. The van der Waals surface area contributed by atoms with Gasteiger partial charge in [0.2, 0.25) is 5.96 Å². The molecule has 0 aromatic carbocycles. The fraction of sp³-hybridized carbons (Fsp3) is 0.929. The highest BCUT2D eigenvalue weighted by molar-refractivity contribution is 5.79. The number of hydrogen-bond donors (Lipinski definition) is 3. The fourth-order valence-corrected chi connectivity index (χ4v) is 2.34. The standard InChI is InChI=1S/C14H31N5/c1-12(2)19(3)11-7-10-16-14(18-15)17-13-8-5-4-6-9-13/h12-13H,4-11,15H2,1-3H3,(H2,16,17,18). The second-order valence-electron chi connectivity index (χ2n) is 5.78. The van der Waals surface area contributed by atoms with Gasteiger partial charge in [-0.1, -0.05) is 19.3 Å². The Kier molecular flexibility index (Phi) is 7.82. The van der Waals surface area contributed by atoms with Gasteiger partial charge in [-0.2, -0.15) is 0 Å². The summed E-state index contributed by atoms with van der Waals surface area (Å²) in [5.74, 6) is 6.28. The Balaban J connectivity index is 2.23. The molecule has 0 aromatic heterocycles. The summed E-state index contributed by atoms with van der Waals surface area (Å²) in [4.78, 5) is 6.84. The Labute approximate surface area is 118 Å². The second-order valence-corrected chi connectivity index (χ2v) is 5.78. The average Bonchev–Trinajstić information content (AvgIpc) is 2.42. The lowest BCUT2D eigenvalue weighted by Crippen LogP contribution is -2.47. The quantitative estimate of drug-likeness (QED) is 0.224. The Morgan fingerprint density at radius 2 is 2.00 bits per heavy atom.